The number of aromatic nitrogens is 5. The summed E-state index contributed by atoms with van der Waals surface area (Å²) in [5.74, 6) is 1.19. The van der Waals surface area contributed by atoms with E-state index in [1.807, 2.05) is 24.3 Å². The van der Waals surface area contributed by atoms with Gasteiger partial charge in [-0.25, -0.2) is 4.98 Å². The molecule has 0 aliphatic heterocycles. The number of carbonyl (C=O) groups excluding carboxylic acids is 1. The van der Waals surface area contributed by atoms with Crippen molar-refractivity contribution in [2.24, 2.45) is 0 Å². The van der Waals surface area contributed by atoms with Gasteiger partial charge in [0.2, 0.25) is 11.9 Å². The standard InChI is InChI=1S/C20H29N7OS/c1-4-9-17-23-24-20(29)27(17)14-18(28)22-19-21-15-10-7-8-11-16(15)26(19)13-12-25(5-2)6-3/h7-8,10-11H,4-6,9,12-14H2,1-3H3,(H,24,29)(H,21,22,28). The van der Waals surface area contributed by atoms with Crippen LogP contribution < -0.4 is 5.32 Å². The zero-order valence-electron chi connectivity index (χ0n) is 17.3. The van der Waals surface area contributed by atoms with Gasteiger partial charge in [0.1, 0.15) is 12.4 Å². The molecule has 0 spiro atoms. The Hall–Kier alpha value is -2.52. The van der Waals surface area contributed by atoms with Crippen LogP contribution in [0.15, 0.2) is 24.3 Å². The first-order valence-corrected chi connectivity index (χ1v) is 10.6. The second-order valence-electron chi connectivity index (χ2n) is 6.93. The van der Waals surface area contributed by atoms with Gasteiger partial charge in [-0.05, 0) is 43.9 Å². The van der Waals surface area contributed by atoms with Crippen LogP contribution in [-0.4, -0.2) is 54.8 Å². The van der Waals surface area contributed by atoms with Crippen LogP contribution in [0.1, 0.15) is 33.0 Å². The summed E-state index contributed by atoms with van der Waals surface area (Å²) in [7, 11) is 0. The molecule has 0 unspecified atom stereocenters. The van der Waals surface area contributed by atoms with E-state index >= 15 is 0 Å². The molecule has 3 aromatic rings. The molecule has 0 fully saturated rings. The van der Waals surface area contributed by atoms with Crippen molar-refractivity contribution in [3.8, 4) is 0 Å². The maximum absolute atomic E-state index is 12.8. The zero-order valence-corrected chi connectivity index (χ0v) is 18.1. The molecular weight excluding hydrogens is 386 g/mol. The first kappa shape index (κ1) is 21.2. The molecule has 3 rings (SSSR count). The SMILES string of the molecule is CCCc1n[nH]c(=S)n1CC(=O)Nc1nc2ccccc2n1CCN(CC)CC. The van der Waals surface area contributed by atoms with E-state index < -0.39 is 0 Å². The number of hydrogen-bond acceptors (Lipinski definition) is 5. The summed E-state index contributed by atoms with van der Waals surface area (Å²) >= 11 is 5.28. The smallest absolute Gasteiger partial charge is 0.246 e. The summed E-state index contributed by atoms with van der Waals surface area (Å²) in [6.45, 7) is 10.1. The summed E-state index contributed by atoms with van der Waals surface area (Å²) in [5.41, 5.74) is 1.88. The van der Waals surface area contributed by atoms with Crippen LogP contribution in [-0.2, 0) is 24.3 Å². The molecule has 29 heavy (non-hydrogen) atoms. The van der Waals surface area contributed by atoms with Crippen LogP contribution in [0.5, 0.6) is 0 Å². The van der Waals surface area contributed by atoms with Crippen molar-refractivity contribution in [1.82, 2.24) is 29.2 Å². The second kappa shape index (κ2) is 9.80. The van der Waals surface area contributed by atoms with Crippen molar-refractivity contribution in [3.05, 3.63) is 34.9 Å². The predicted octanol–water partition coefficient (Wildman–Crippen LogP) is 3.22. The van der Waals surface area contributed by atoms with Crippen molar-refractivity contribution in [2.45, 2.75) is 46.7 Å². The highest BCUT2D eigenvalue weighted by Gasteiger charge is 2.16. The number of H-pyrrole nitrogens is 1. The Morgan fingerprint density at radius 3 is 2.69 bits per heavy atom. The monoisotopic (exact) mass is 415 g/mol. The number of imidazole rings is 1. The fourth-order valence-corrected chi connectivity index (χ4v) is 3.63. The van der Waals surface area contributed by atoms with Gasteiger partial charge in [-0.1, -0.05) is 32.9 Å². The number of likely N-dealkylation sites (N-methyl/N-ethyl adjacent to an activating group) is 1. The average Bonchev–Trinajstić information content (AvgIpc) is 3.24. The Bertz CT molecular complexity index is 1020. The van der Waals surface area contributed by atoms with Crippen LogP contribution in [0.25, 0.3) is 11.0 Å². The topological polar surface area (TPSA) is 83.8 Å². The highest BCUT2D eigenvalue weighted by Crippen LogP contribution is 2.20. The average molecular weight is 416 g/mol. The van der Waals surface area contributed by atoms with E-state index in [-0.39, 0.29) is 12.5 Å². The predicted molar refractivity (Wildman–Crippen MR) is 118 cm³/mol. The van der Waals surface area contributed by atoms with Gasteiger partial charge in [0.15, 0.2) is 4.77 Å². The molecule has 0 saturated heterocycles. The third kappa shape index (κ3) is 4.91. The Kier molecular flexibility index (Phi) is 7.16. The van der Waals surface area contributed by atoms with Gasteiger partial charge in [-0.15, -0.1) is 0 Å². The van der Waals surface area contributed by atoms with Crippen LogP contribution in [0.2, 0.25) is 0 Å². The van der Waals surface area contributed by atoms with E-state index in [2.05, 4.69) is 50.7 Å². The fraction of sp³-hybridized carbons (Fsp3) is 0.500. The maximum Gasteiger partial charge on any atom is 0.246 e. The van der Waals surface area contributed by atoms with E-state index in [1.54, 1.807) is 4.57 Å². The van der Waals surface area contributed by atoms with Crippen molar-refractivity contribution in [3.63, 3.8) is 0 Å². The molecule has 0 atom stereocenters. The number of fused-ring (bicyclic) bond motifs is 1. The lowest BCUT2D eigenvalue weighted by atomic mass is 10.3. The molecule has 0 aliphatic carbocycles. The minimum atomic E-state index is -0.167. The quantitative estimate of drug-likeness (QED) is 0.497. The normalized spacial score (nSPS) is 11.4. The fourth-order valence-electron chi connectivity index (χ4n) is 3.41. The Morgan fingerprint density at radius 1 is 1.21 bits per heavy atom. The summed E-state index contributed by atoms with van der Waals surface area (Å²) in [4.78, 5) is 19.8. The van der Waals surface area contributed by atoms with E-state index in [0.29, 0.717) is 10.7 Å². The second-order valence-corrected chi connectivity index (χ2v) is 7.32. The maximum atomic E-state index is 12.8. The third-order valence-electron chi connectivity index (χ3n) is 5.05. The minimum absolute atomic E-state index is 0.115. The summed E-state index contributed by atoms with van der Waals surface area (Å²) in [6, 6.07) is 7.94. The van der Waals surface area contributed by atoms with Crippen LogP contribution in [0.4, 0.5) is 5.95 Å². The number of carbonyl (C=O) groups is 1. The molecule has 1 amide bonds. The highest BCUT2D eigenvalue weighted by atomic mass is 32.1. The highest BCUT2D eigenvalue weighted by molar-refractivity contribution is 7.71. The van der Waals surface area contributed by atoms with Crippen LogP contribution >= 0.6 is 12.2 Å². The number of rotatable bonds is 10. The van der Waals surface area contributed by atoms with Gasteiger partial charge in [-0.2, -0.15) is 5.10 Å². The van der Waals surface area contributed by atoms with E-state index in [4.69, 9.17) is 12.2 Å². The van der Waals surface area contributed by atoms with Gasteiger partial charge in [0.05, 0.1) is 11.0 Å². The number of aromatic amines is 1. The van der Waals surface area contributed by atoms with E-state index in [9.17, 15) is 4.79 Å². The first-order valence-electron chi connectivity index (χ1n) is 10.2. The lowest BCUT2D eigenvalue weighted by Gasteiger charge is -2.19. The molecule has 156 valence electrons. The molecule has 0 radical (unpaired) electrons. The summed E-state index contributed by atoms with van der Waals surface area (Å²) < 4.78 is 4.28. The first-order chi connectivity index (χ1) is 14.1. The lowest BCUT2D eigenvalue weighted by molar-refractivity contribution is -0.116. The van der Waals surface area contributed by atoms with Gasteiger partial charge in [0.25, 0.3) is 0 Å². The molecule has 2 N–H and O–H groups in total. The molecular formula is C20H29N7OS. The number of anilines is 1. The summed E-state index contributed by atoms with van der Waals surface area (Å²) in [5, 5.41) is 9.98. The Balaban J connectivity index is 1.82. The number of benzene rings is 1. The van der Waals surface area contributed by atoms with E-state index in [0.717, 1.165) is 55.9 Å². The van der Waals surface area contributed by atoms with Crippen molar-refractivity contribution in [1.29, 1.82) is 0 Å². The molecule has 0 aliphatic rings. The van der Waals surface area contributed by atoms with Gasteiger partial charge >= 0.3 is 0 Å². The van der Waals surface area contributed by atoms with Gasteiger partial charge in [0, 0.05) is 19.5 Å². The number of amides is 1. The molecule has 2 aromatic heterocycles. The zero-order chi connectivity index (χ0) is 20.8. The minimum Gasteiger partial charge on any atom is -0.309 e. The largest absolute Gasteiger partial charge is 0.309 e. The number of para-hydroxylation sites is 2. The molecule has 9 heteroatoms. The lowest BCUT2D eigenvalue weighted by Crippen LogP contribution is -2.28. The Morgan fingerprint density at radius 2 is 1.97 bits per heavy atom. The molecule has 8 nitrogen and oxygen atoms in total. The number of aryl methyl sites for hydroxylation is 1. The Labute approximate surface area is 175 Å². The summed E-state index contributed by atoms with van der Waals surface area (Å²) in [6.07, 6.45) is 1.70. The molecule has 0 bridgehead atoms. The van der Waals surface area contributed by atoms with Gasteiger partial charge < -0.3 is 9.47 Å². The van der Waals surface area contributed by atoms with Crippen LogP contribution in [0.3, 0.4) is 0 Å². The van der Waals surface area contributed by atoms with Crippen molar-refractivity contribution < 1.29 is 4.79 Å². The van der Waals surface area contributed by atoms with Crippen molar-refractivity contribution >= 4 is 35.1 Å². The van der Waals surface area contributed by atoms with Gasteiger partial charge in [-0.3, -0.25) is 19.8 Å². The van der Waals surface area contributed by atoms with Crippen molar-refractivity contribution in [2.75, 3.05) is 25.0 Å². The number of nitrogens with one attached hydrogen (secondary N) is 2. The number of hydrogen-bond donors (Lipinski definition) is 2. The molecule has 0 saturated carbocycles. The molecule has 1 aromatic carbocycles. The number of nitrogens with zero attached hydrogens (tertiary/aromatic N) is 5. The van der Waals surface area contributed by atoms with E-state index in [1.165, 1.54) is 0 Å². The molecule has 2 heterocycles. The third-order valence-corrected chi connectivity index (χ3v) is 5.36. The van der Waals surface area contributed by atoms with Crippen LogP contribution in [0, 0.1) is 4.77 Å².